The predicted molar refractivity (Wildman–Crippen MR) is 49.3 cm³/mol. The summed E-state index contributed by atoms with van der Waals surface area (Å²) in [6.07, 6.45) is 4.86. The molecule has 0 saturated heterocycles. The van der Waals surface area contributed by atoms with Crippen LogP contribution in [0, 0.1) is 0 Å². The monoisotopic (exact) mass is 184 g/mol. The third kappa shape index (κ3) is 5.30. The first-order valence-electron chi connectivity index (χ1n) is 2.74. The van der Waals surface area contributed by atoms with Crippen LogP contribution in [0.15, 0.2) is 0 Å². The molecule has 56 valence electrons. The average molecular weight is 184 g/mol. The molecule has 0 amide bonds. The lowest BCUT2D eigenvalue weighted by molar-refractivity contribution is 0.694. The Morgan fingerprint density at radius 3 is 2.33 bits per heavy atom. The van der Waals surface area contributed by atoms with Crippen LogP contribution < -0.4 is 0 Å². The molecule has 2 unspecified atom stereocenters. The van der Waals surface area contributed by atoms with Crippen molar-refractivity contribution in [2.24, 2.45) is 0 Å². The summed E-state index contributed by atoms with van der Waals surface area (Å²) in [5.41, 5.74) is 0. The minimum Gasteiger partial charge on any atom is -0.248 e. The van der Waals surface area contributed by atoms with E-state index >= 15 is 0 Å². The summed E-state index contributed by atoms with van der Waals surface area (Å²) in [4.78, 5) is 0. The van der Waals surface area contributed by atoms with Crippen molar-refractivity contribution in [2.45, 2.75) is 17.9 Å². The van der Waals surface area contributed by atoms with Gasteiger partial charge in [-0.2, -0.15) is 11.8 Å². The third-order valence-electron chi connectivity index (χ3n) is 0.839. The van der Waals surface area contributed by atoms with Gasteiger partial charge in [-0.25, -0.2) is 4.21 Å². The highest BCUT2D eigenvalue weighted by Crippen LogP contribution is 2.25. The minimum absolute atomic E-state index is 0.510. The first kappa shape index (κ1) is 9.85. The van der Waals surface area contributed by atoms with E-state index < -0.39 is 9.83 Å². The maximum Gasteiger partial charge on any atom is 0.0783 e. The van der Waals surface area contributed by atoms with Crippen molar-refractivity contribution in [3.8, 4) is 0 Å². The highest BCUT2D eigenvalue weighted by Gasteiger charge is 2.05. The van der Waals surface area contributed by atoms with Gasteiger partial charge in [-0.05, 0) is 23.5 Å². The summed E-state index contributed by atoms with van der Waals surface area (Å²) < 4.78 is 11.1. The van der Waals surface area contributed by atoms with Crippen LogP contribution in [0.25, 0.3) is 0 Å². The summed E-state index contributed by atoms with van der Waals surface area (Å²) in [5, 5.41) is 0. The smallest absolute Gasteiger partial charge is 0.0783 e. The minimum atomic E-state index is -0.700. The van der Waals surface area contributed by atoms with Gasteiger partial charge in [-0.1, -0.05) is 6.92 Å². The van der Waals surface area contributed by atoms with Crippen LogP contribution in [0.4, 0.5) is 0 Å². The van der Waals surface area contributed by atoms with Crippen molar-refractivity contribution in [2.75, 3.05) is 12.5 Å². The Bertz CT molecular complexity index is 90.2. The second-order valence-corrected chi connectivity index (χ2v) is 6.46. The normalized spacial score (nSPS) is 17.2. The van der Waals surface area contributed by atoms with E-state index in [9.17, 15) is 4.21 Å². The van der Waals surface area contributed by atoms with Crippen LogP contribution in [0.1, 0.15) is 13.3 Å². The predicted octanol–water partition coefficient (Wildman–Crippen LogP) is 2.11. The molecular weight excluding hydrogens is 172 g/mol. The third-order valence-corrected chi connectivity index (χ3v) is 5.26. The summed E-state index contributed by atoms with van der Waals surface area (Å²) >= 11 is 1.77. The molecule has 0 aromatic heterocycles. The molecule has 9 heavy (non-hydrogen) atoms. The van der Waals surface area contributed by atoms with E-state index in [0.717, 1.165) is 6.42 Å². The van der Waals surface area contributed by atoms with E-state index in [2.05, 4.69) is 6.92 Å². The maximum absolute atomic E-state index is 10.6. The van der Waals surface area contributed by atoms with Crippen LogP contribution in [-0.4, -0.2) is 21.3 Å². The Morgan fingerprint density at radius 2 is 2.22 bits per heavy atom. The largest absolute Gasteiger partial charge is 0.248 e. The molecule has 4 heteroatoms. The van der Waals surface area contributed by atoms with Crippen molar-refractivity contribution in [1.82, 2.24) is 0 Å². The van der Waals surface area contributed by atoms with Gasteiger partial charge in [-0.3, -0.25) is 0 Å². The number of thioether (sulfide) groups is 1. The molecule has 0 spiro atoms. The molecule has 0 aliphatic carbocycles. The van der Waals surface area contributed by atoms with Crippen LogP contribution in [0.3, 0.4) is 0 Å². The molecule has 0 bridgehead atoms. The lowest BCUT2D eigenvalue weighted by Crippen LogP contribution is -1.94. The summed E-state index contributed by atoms with van der Waals surface area (Å²) in [5.74, 6) is 0. The van der Waals surface area contributed by atoms with E-state index in [0.29, 0.717) is 4.58 Å². The standard InChI is InChI=1S/C5H12OS3/c1-4-5(7-2)8-9(3)6/h5H,4H2,1-3H3. The zero-order chi connectivity index (χ0) is 7.28. The molecule has 0 heterocycles. The Morgan fingerprint density at radius 1 is 1.67 bits per heavy atom. The van der Waals surface area contributed by atoms with Crippen LogP contribution in [0.5, 0.6) is 0 Å². The Kier molecular flexibility index (Phi) is 6.15. The zero-order valence-electron chi connectivity index (χ0n) is 5.92. The molecule has 0 N–H and O–H groups in total. The van der Waals surface area contributed by atoms with Gasteiger partial charge in [0.05, 0.1) is 14.4 Å². The molecule has 0 rings (SSSR count). The maximum atomic E-state index is 10.6. The quantitative estimate of drug-likeness (QED) is 0.492. The van der Waals surface area contributed by atoms with Crippen molar-refractivity contribution in [1.29, 1.82) is 0 Å². The first-order valence-corrected chi connectivity index (χ1v) is 6.98. The van der Waals surface area contributed by atoms with Crippen molar-refractivity contribution in [3.63, 3.8) is 0 Å². The van der Waals surface area contributed by atoms with Gasteiger partial charge in [0.15, 0.2) is 0 Å². The molecular formula is C5H12OS3. The highest BCUT2D eigenvalue weighted by molar-refractivity contribution is 8.71. The topological polar surface area (TPSA) is 17.1 Å². The molecule has 1 nitrogen and oxygen atoms in total. The highest BCUT2D eigenvalue weighted by atomic mass is 33.1. The lowest BCUT2D eigenvalue weighted by atomic mass is 10.6. The summed E-state index contributed by atoms with van der Waals surface area (Å²) in [6, 6.07) is 0. The van der Waals surface area contributed by atoms with E-state index in [1.807, 2.05) is 6.26 Å². The van der Waals surface area contributed by atoms with Gasteiger partial charge in [0.1, 0.15) is 0 Å². The fourth-order valence-corrected chi connectivity index (χ4v) is 4.53. The number of hydrogen-bond acceptors (Lipinski definition) is 3. The van der Waals surface area contributed by atoms with Crippen LogP contribution in [0.2, 0.25) is 0 Å². The molecule has 0 aromatic rings. The second-order valence-electron chi connectivity index (χ2n) is 1.57. The lowest BCUT2D eigenvalue weighted by Gasteiger charge is -2.06. The van der Waals surface area contributed by atoms with Crippen molar-refractivity contribution in [3.05, 3.63) is 0 Å². The van der Waals surface area contributed by atoms with Gasteiger partial charge in [0, 0.05) is 6.26 Å². The molecule has 2 atom stereocenters. The first-order chi connectivity index (χ1) is 4.20. The summed E-state index contributed by atoms with van der Waals surface area (Å²) in [6.45, 7) is 2.11. The van der Waals surface area contributed by atoms with Gasteiger partial charge in [-0.15, -0.1) is 0 Å². The van der Waals surface area contributed by atoms with Crippen molar-refractivity contribution >= 4 is 32.4 Å². The Labute approximate surface area is 67.2 Å². The molecule has 0 aromatic carbocycles. The van der Waals surface area contributed by atoms with E-state index in [1.165, 1.54) is 10.8 Å². The fourth-order valence-electron chi connectivity index (χ4n) is 0.425. The van der Waals surface area contributed by atoms with Crippen LogP contribution >= 0.6 is 22.6 Å². The number of hydrogen-bond donors (Lipinski definition) is 0. The molecule has 0 saturated carbocycles. The Balaban J connectivity index is 3.43. The van der Waals surface area contributed by atoms with Gasteiger partial charge >= 0.3 is 0 Å². The van der Waals surface area contributed by atoms with Crippen LogP contribution in [-0.2, 0) is 9.83 Å². The van der Waals surface area contributed by atoms with E-state index in [1.54, 1.807) is 18.0 Å². The SMILES string of the molecule is CCC(SC)SS(C)=O. The van der Waals surface area contributed by atoms with Crippen molar-refractivity contribution < 1.29 is 4.21 Å². The molecule has 0 radical (unpaired) electrons. The fraction of sp³-hybridized carbons (Fsp3) is 1.00. The van der Waals surface area contributed by atoms with Gasteiger partial charge < -0.3 is 0 Å². The van der Waals surface area contributed by atoms with Gasteiger partial charge in [0.25, 0.3) is 0 Å². The molecule has 0 aliphatic rings. The Hall–Kier alpha value is 0.850. The average Bonchev–Trinajstić information content (AvgIpc) is 1.82. The van der Waals surface area contributed by atoms with Gasteiger partial charge in [0.2, 0.25) is 0 Å². The zero-order valence-corrected chi connectivity index (χ0v) is 8.37. The molecule has 0 fully saturated rings. The summed E-state index contributed by atoms with van der Waals surface area (Å²) in [7, 11) is 0.835. The molecule has 0 aliphatic heterocycles. The van der Waals surface area contributed by atoms with E-state index in [-0.39, 0.29) is 0 Å². The van der Waals surface area contributed by atoms with E-state index in [4.69, 9.17) is 0 Å². The number of rotatable bonds is 4. The second kappa shape index (κ2) is 5.62.